The van der Waals surface area contributed by atoms with Gasteiger partial charge in [-0.05, 0) is 25.4 Å². The number of likely N-dealkylation sites (tertiary alicyclic amines) is 1. The summed E-state index contributed by atoms with van der Waals surface area (Å²) in [7, 11) is 2.20. The van der Waals surface area contributed by atoms with Crippen molar-refractivity contribution in [3.05, 3.63) is 0 Å². The number of hydrogen-bond donors (Lipinski definition) is 0. The van der Waals surface area contributed by atoms with Crippen LogP contribution in [-0.2, 0) is 0 Å². The third kappa shape index (κ3) is 1.73. The molecule has 1 heterocycles. The lowest BCUT2D eigenvalue weighted by Gasteiger charge is -2.40. The van der Waals surface area contributed by atoms with Crippen LogP contribution in [0.2, 0.25) is 0 Å². The van der Waals surface area contributed by atoms with Crippen molar-refractivity contribution in [1.82, 2.24) is 4.90 Å². The highest BCUT2D eigenvalue weighted by atomic mass is 79.9. The Hall–Kier alpha value is 0.440. The zero-order valence-corrected chi connectivity index (χ0v) is 8.61. The molecule has 0 aromatic rings. The van der Waals surface area contributed by atoms with Gasteiger partial charge in [0, 0.05) is 11.4 Å². The van der Waals surface area contributed by atoms with Crippen molar-refractivity contribution in [3.8, 4) is 0 Å². The van der Waals surface area contributed by atoms with E-state index in [2.05, 4.69) is 41.7 Å². The number of piperidine rings is 1. The Morgan fingerprint density at radius 3 is 2.50 bits per heavy atom. The van der Waals surface area contributed by atoms with Gasteiger partial charge in [0.1, 0.15) is 0 Å². The molecule has 0 spiro atoms. The molecule has 0 radical (unpaired) electrons. The van der Waals surface area contributed by atoms with Gasteiger partial charge in [0.05, 0.1) is 0 Å². The predicted molar refractivity (Wildman–Crippen MR) is 48.6 cm³/mol. The molecule has 1 atom stereocenters. The van der Waals surface area contributed by atoms with E-state index in [1.165, 1.54) is 19.5 Å². The van der Waals surface area contributed by atoms with Gasteiger partial charge < -0.3 is 4.90 Å². The van der Waals surface area contributed by atoms with Gasteiger partial charge in [-0.1, -0.05) is 29.8 Å². The van der Waals surface area contributed by atoms with Crippen LogP contribution in [-0.4, -0.2) is 29.9 Å². The van der Waals surface area contributed by atoms with Crippen molar-refractivity contribution < 1.29 is 0 Å². The number of rotatable bonds is 0. The van der Waals surface area contributed by atoms with Crippen LogP contribution in [0.1, 0.15) is 20.3 Å². The standard InChI is InChI=1S/C8H16BrN/c1-8(2)6-10(3)5-4-7(8)9/h7H,4-6H2,1-3H3. The fourth-order valence-corrected chi connectivity index (χ4v) is 1.95. The van der Waals surface area contributed by atoms with E-state index in [9.17, 15) is 0 Å². The van der Waals surface area contributed by atoms with Gasteiger partial charge in [-0.2, -0.15) is 0 Å². The summed E-state index contributed by atoms with van der Waals surface area (Å²) < 4.78 is 0. The van der Waals surface area contributed by atoms with Crippen LogP contribution < -0.4 is 0 Å². The van der Waals surface area contributed by atoms with Gasteiger partial charge in [0.15, 0.2) is 0 Å². The van der Waals surface area contributed by atoms with Crippen molar-refractivity contribution in [3.63, 3.8) is 0 Å². The van der Waals surface area contributed by atoms with Gasteiger partial charge in [-0.3, -0.25) is 0 Å². The van der Waals surface area contributed by atoms with E-state index in [1.54, 1.807) is 0 Å². The largest absolute Gasteiger partial charge is 0.306 e. The zero-order valence-electron chi connectivity index (χ0n) is 7.02. The maximum absolute atomic E-state index is 3.71. The summed E-state index contributed by atoms with van der Waals surface area (Å²) in [6.45, 7) is 7.09. The number of alkyl halides is 1. The molecule has 1 unspecified atom stereocenters. The molecule has 0 saturated carbocycles. The minimum atomic E-state index is 0.451. The Balaban J connectivity index is 2.55. The summed E-state index contributed by atoms with van der Waals surface area (Å²) >= 11 is 3.71. The second-order valence-electron chi connectivity index (χ2n) is 3.98. The number of nitrogens with zero attached hydrogens (tertiary/aromatic N) is 1. The summed E-state index contributed by atoms with van der Waals surface area (Å²) in [6.07, 6.45) is 1.28. The molecular formula is C8H16BrN. The van der Waals surface area contributed by atoms with E-state index in [0.29, 0.717) is 10.2 Å². The third-order valence-corrected chi connectivity index (χ3v) is 3.99. The summed E-state index contributed by atoms with van der Waals surface area (Å²) in [5, 5.41) is 0. The average Bonchev–Trinajstić information content (AvgIpc) is 1.78. The van der Waals surface area contributed by atoms with Crippen molar-refractivity contribution in [1.29, 1.82) is 0 Å². The fourth-order valence-electron chi connectivity index (χ4n) is 1.60. The summed E-state index contributed by atoms with van der Waals surface area (Å²) in [4.78, 5) is 3.11. The molecule has 1 saturated heterocycles. The second-order valence-corrected chi connectivity index (χ2v) is 5.09. The molecule has 0 aromatic carbocycles. The number of hydrogen-bond acceptors (Lipinski definition) is 1. The van der Waals surface area contributed by atoms with Crippen molar-refractivity contribution in [2.75, 3.05) is 20.1 Å². The maximum atomic E-state index is 3.71. The summed E-state index contributed by atoms with van der Waals surface area (Å²) in [5.41, 5.74) is 0.451. The van der Waals surface area contributed by atoms with Crippen LogP contribution in [0.5, 0.6) is 0 Å². The van der Waals surface area contributed by atoms with Crippen LogP contribution >= 0.6 is 15.9 Å². The molecule has 1 nitrogen and oxygen atoms in total. The smallest absolute Gasteiger partial charge is 0.0221 e. The van der Waals surface area contributed by atoms with Crippen molar-refractivity contribution >= 4 is 15.9 Å². The topological polar surface area (TPSA) is 3.24 Å². The van der Waals surface area contributed by atoms with Crippen LogP contribution in [0, 0.1) is 5.41 Å². The zero-order chi connectivity index (χ0) is 7.78. The van der Waals surface area contributed by atoms with Gasteiger partial charge in [0.2, 0.25) is 0 Å². The molecule has 0 bridgehead atoms. The van der Waals surface area contributed by atoms with Crippen LogP contribution in [0.15, 0.2) is 0 Å². The first-order valence-electron chi connectivity index (χ1n) is 3.85. The minimum Gasteiger partial charge on any atom is -0.306 e. The molecule has 0 amide bonds. The Kier molecular flexibility index (Phi) is 2.41. The van der Waals surface area contributed by atoms with Crippen LogP contribution in [0.3, 0.4) is 0 Å². The molecular weight excluding hydrogens is 190 g/mol. The molecule has 10 heavy (non-hydrogen) atoms. The molecule has 1 rings (SSSR count). The highest BCUT2D eigenvalue weighted by Gasteiger charge is 2.32. The molecule has 60 valence electrons. The van der Waals surface area contributed by atoms with Crippen LogP contribution in [0.4, 0.5) is 0 Å². The molecule has 1 aliphatic rings. The molecule has 0 aromatic heterocycles. The lowest BCUT2D eigenvalue weighted by molar-refractivity contribution is 0.153. The highest BCUT2D eigenvalue weighted by Crippen LogP contribution is 2.33. The predicted octanol–water partition coefficient (Wildman–Crippen LogP) is 2.11. The summed E-state index contributed by atoms with van der Waals surface area (Å²) in [6, 6.07) is 0. The van der Waals surface area contributed by atoms with Gasteiger partial charge in [-0.25, -0.2) is 0 Å². The molecule has 0 aliphatic carbocycles. The average molecular weight is 206 g/mol. The molecule has 1 fully saturated rings. The van der Waals surface area contributed by atoms with E-state index in [4.69, 9.17) is 0 Å². The van der Waals surface area contributed by atoms with Crippen molar-refractivity contribution in [2.45, 2.75) is 25.1 Å². The Bertz CT molecular complexity index is 122. The van der Waals surface area contributed by atoms with E-state index in [-0.39, 0.29) is 0 Å². The molecule has 1 aliphatic heterocycles. The van der Waals surface area contributed by atoms with Gasteiger partial charge in [-0.15, -0.1) is 0 Å². The van der Waals surface area contributed by atoms with E-state index in [0.717, 1.165) is 0 Å². The SMILES string of the molecule is CN1CCC(Br)C(C)(C)C1. The van der Waals surface area contributed by atoms with E-state index in [1.807, 2.05) is 0 Å². The Labute approximate surface area is 71.9 Å². The lowest BCUT2D eigenvalue weighted by Crippen LogP contribution is -2.44. The quantitative estimate of drug-likeness (QED) is 0.548. The molecule has 2 heteroatoms. The van der Waals surface area contributed by atoms with Crippen molar-refractivity contribution in [2.24, 2.45) is 5.41 Å². The monoisotopic (exact) mass is 205 g/mol. The minimum absolute atomic E-state index is 0.451. The lowest BCUT2D eigenvalue weighted by atomic mass is 9.84. The Morgan fingerprint density at radius 1 is 1.50 bits per heavy atom. The van der Waals surface area contributed by atoms with Gasteiger partial charge >= 0.3 is 0 Å². The molecule has 0 N–H and O–H groups in total. The highest BCUT2D eigenvalue weighted by molar-refractivity contribution is 9.09. The number of halogens is 1. The fraction of sp³-hybridized carbons (Fsp3) is 1.00. The van der Waals surface area contributed by atoms with E-state index >= 15 is 0 Å². The Morgan fingerprint density at radius 2 is 2.10 bits per heavy atom. The first-order valence-corrected chi connectivity index (χ1v) is 4.76. The maximum Gasteiger partial charge on any atom is 0.0221 e. The first-order chi connectivity index (χ1) is 4.52. The van der Waals surface area contributed by atoms with E-state index < -0.39 is 0 Å². The second kappa shape index (κ2) is 2.82. The summed E-state index contributed by atoms with van der Waals surface area (Å²) in [5.74, 6) is 0. The van der Waals surface area contributed by atoms with Crippen LogP contribution in [0.25, 0.3) is 0 Å². The first kappa shape index (κ1) is 8.54. The third-order valence-electron chi connectivity index (χ3n) is 2.29. The van der Waals surface area contributed by atoms with Gasteiger partial charge in [0.25, 0.3) is 0 Å². The normalized spacial score (nSPS) is 34.2.